The maximum absolute atomic E-state index is 12.2. The molecule has 0 aliphatic heterocycles. The van der Waals surface area contributed by atoms with E-state index < -0.39 is 12.1 Å². The van der Waals surface area contributed by atoms with E-state index in [0.29, 0.717) is 11.1 Å². The van der Waals surface area contributed by atoms with Gasteiger partial charge in [0.1, 0.15) is 0 Å². The highest BCUT2D eigenvalue weighted by Gasteiger charge is 2.38. The quantitative estimate of drug-likeness (QED) is 0.695. The Balaban J connectivity index is 2.09. The molecule has 0 aliphatic rings. The number of benzene rings is 1. The summed E-state index contributed by atoms with van der Waals surface area (Å²) >= 11 is 0. The number of carbonyl (C=O) groups is 2. The van der Waals surface area contributed by atoms with Crippen molar-refractivity contribution in [3.8, 4) is 0 Å². The highest BCUT2D eigenvalue weighted by Crippen LogP contribution is 2.19. The molecule has 1 aromatic carbocycles. The smallest absolute Gasteiger partial charge is 0.318 e. The molecule has 0 aliphatic carbocycles. The molecule has 5 nitrogen and oxygen atoms in total. The molecule has 1 aromatic heterocycles. The molecule has 1 heterocycles. The van der Waals surface area contributed by atoms with Crippen molar-refractivity contribution in [2.45, 2.75) is 6.18 Å². The van der Waals surface area contributed by atoms with Crippen LogP contribution in [0, 0.1) is 0 Å². The number of aryl methyl sites for hydroxylation is 1. The Labute approximate surface area is 129 Å². The third-order valence-corrected chi connectivity index (χ3v) is 2.82. The number of hydrogen-bond acceptors (Lipinski definition) is 3. The maximum atomic E-state index is 12.2. The predicted molar refractivity (Wildman–Crippen MR) is 77.7 cm³/mol. The fourth-order valence-corrected chi connectivity index (χ4v) is 1.74. The van der Waals surface area contributed by atoms with Crippen molar-refractivity contribution < 1.29 is 22.8 Å². The van der Waals surface area contributed by atoms with Crippen molar-refractivity contribution in [3.63, 3.8) is 0 Å². The number of nitrogens with zero attached hydrogens (tertiary/aromatic N) is 2. The summed E-state index contributed by atoms with van der Waals surface area (Å²) < 4.78 is 38.1. The number of aromatic nitrogens is 2. The van der Waals surface area contributed by atoms with E-state index in [-0.39, 0.29) is 11.5 Å². The summed E-state index contributed by atoms with van der Waals surface area (Å²) in [6.07, 6.45) is 0.724. The van der Waals surface area contributed by atoms with Crippen molar-refractivity contribution >= 4 is 23.5 Å². The van der Waals surface area contributed by atoms with Gasteiger partial charge in [0.05, 0.1) is 11.8 Å². The zero-order chi connectivity index (χ0) is 17.0. The van der Waals surface area contributed by atoms with Gasteiger partial charge in [-0.2, -0.15) is 18.3 Å². The summed E-state index contributed by atoms with van der Waals surface area (Å²) in [5.74, 6) is -2.34. The molecule has 0 bridgehead atoms. The van der Waals surface area contributed by atoms with Crippen molar-refractivity contribution in [1.29, 1.82) is 0 Å². The molecule has 23 heavy (non-hydrogen) atoms. The van der Waals surface area contributed by atoms with E-state index >= 15 is 0 Å². The molecule has 2 aromatic rings. The molecular formula is C15H12F3N3O2. The molecule has 120 valence electrons. The van der Waals surface area contributed by atoms with Gasteiger partial charge in [-0.15, -0.1) is 0 Å². The van der Waals surface area contributed by atoms with Crippen LogP contribution in [-0.2, 0) is 11.8 Å². The molecule has 1 N–H and O–H groups in total. The minimum Gasteiger partial charge on any atom is -0.318 e. The Bertz CT molecular complexity index is 763. The molecule has 0 fully saturated rings. The predicted octanol–water partition coefficient (Wildman–Crippen LogP) is 2.82. The minimum absolute atomic E-state index is 0.0108. The molecule has 0 saturated carbocycles. The van der Waals surface area contributed by atoms with Crippen LogP contribution in [0.1, 0.15) is 15.9 Å². The van der Waals surface area contributed by atoms with E-state index in [2.05, 4.69) is 5.10 Å². The fourth-order valence-electron chi connectivity index (χ4n) is 1.74. The van der Waals surface area contributed by atoms with Gasteiger partial charge in [-0.05, 0) is 23.8 Å². The third kappa shape index (κ3) is 4.53. The number of hydrogen-bond donors (Lipinski definition) is 1. The van der Waals surface area contributed by atoms with Crippen LogP contribution in [0.25, 0.3) is 6.08 Å². The summed E-state index contributed by atoms with van der Waals surface area (Å²) in [7, 11) is 1.67. The summed E-state index contributed by atoms with van der Waals surface area (Å²) in [5.41, 5.74) is 0.857. The lowest BCUT2D eigenvalue weighted by atomic mass is 10.1. The monoisotopic (exact) mass is 323 g/mol. The summed E-state index contributed by atoms with van der Waals surface area (Å²) in [5, 5.41) is 5.62. The van der Waals surface area contributed by atoms with E-state index in [1.807, 2.05) is 0 Å². The van der Waals surface area contributed by atoms with Crippen LogP contribution < -0.4 is 5.32 Å². The Morgan fingerprint density at radius 2 is 2.04 bits per heavy atom. The highest BCUT2D eigenvalue weighted by molar-refractivity contribution is 6.06. The largest absolute Gasteiger partial charge is 0.471 e. The van der Waals surface area contributed by atoms with Crippen LogP contribution in [0.5, 0.6) is 0 Å². The average molecular weight is 323 g/mol. The van der Waals surface area contributed by atoms with Crippen LogP contribution >= 0.6 is 0 Å². The normalized spacial score (nSPS) is 11.7. The van der Waals surface area contributed by atoms with Gasteiger partial charge in [-0.25, -0.2) is 0 Å². The number of anilines is 1. The van der Waals surface area contributed by atoms with Gasteiger partial charge in [0.25, 0.3) is 0 Å². The first-order valence-electron chi connectivity index (χ1n) is 6.45. The number of nitrogens with one attached hydrogen (secondary N) is 1. The zero-order valence-electron chi connectivity index (χ0n) is 12.0. The lowest BCUT2D eigenvalue weighted by molar-refractivity contribution is -0.167. The second kappa shape index (κ2) is 6.47. The van der Waals surface area contributed by atoms with Crippen molar-refractivity contribution in [2.24, 2.45) is 7.05 Å². The third-order valence-electron chi connectivity index (χ3n) is 2.82. The first kappa shape index (κ1) is 16.5. The molecule has 2 rings (SSSR count). The first-order valence-corrected chi connectivity index (χ1v) is 6.45. The minimum atomic E-state index is -4.96. The van der Waals surface area contributed by atoms with Gasteiger partial charge in [0.2, 0.25) is 0 Å². The molecule has 8 heteroatoms. The topological polar surface area (TPSA) is 64.0 Å². The lowest BCUT2D eigenvalue weighted by Gasteiger charge is -2.08. The average Bonchev–Trinajstić information content (AvgIpc) is 2.91. The second-order valence-electron chi connectivity index (χ2n) is 4.68. The molecular weight excluding hydrogens is 311 g/mol. The number of allylic oxidation sites excluding steroid dienone is 1. The molecule has 0 atom stereocenters. The van der Waals surface area contributed by atoms with Gasteiger partial charge in [-0.3, -0.25) is 14.3 Å². The first-order chi connectivity index (χ1) is 10.8. The maximum Gasteiger partial charge on any atom is 0.471 e. The number of alkyl halides is 3. The SMILES string of the molecule is Cn1cc(C(=O)/C=C/c2cccc(NC(=O)C(F)(F)F)c2)cn1. The molecule has 0 radical (unpaired) electrons. The van der Waals surface area contributed by atoms with Gasteiger partial charge in [-0.1, -0.05) is 18.2 Å². The highest BCUT2D eigenvalue weighted by atomic mass is 19.4. The molecule has 1 amide bonds. The van der Waals surface area contributed by atoms with Gasteiger partial charge in [0, 0.05) is 18.9 Å². The Kier molecular flexibility index (Phi) is 4.63. The van der Waals surface area contributed by atoms with Gasteiger partial charge in [0.15, 0.2) is 5.78 Å². The standard InChI is InChI=1S/C15H12F3N3O2/c1-21-9-11(8-19-21)13(22)6-5-10-3-2-4-12(7-10)20-14(23)15(16,17)18/h2-9H,1H3,(H,20,23)/b6-5+. The summed E-state index contributed by atoms with van der Waals surface area (Å²) in [4.78, 5) is 22.7. The number of amides is 1. The van der Waals surface area contributed by atoms with Gasteiger partial charge < -0.3 is 5.32 Å². The van der Waals surface area contributed by atoms with Gasteiger partial charge >= 0.3 is 12.1 Å². The van der Waals surface area contributed by atoms with Crippen LogP contribution in [0.3, 0.4) is 0 Å². The number of ketones is 1. The Morgan fingerprint density at radius 1 is 1.30 bits per heavy atom. The van der Waals surface area contributed by atoms with Crippen LogP contribution in [0.15, 0.2) is 42.7 Å². The summed E-state index contributed by atoms with van der Waals surface area (Å²) in [6.45, 7) is 0. The lowest BCUT2D eigenvalue weighted by Crippen LogP contribution is -2.29. The van der Waals surface area contributed by atoms with Crippen molar-refractivity contribution in [3.05, 3.63) is 53.9 Å². The van der Waals surface area contributed by atoms with Crippen molar-refractivity contribution in [1.82, 2.24) is 9.78 Å². The van der Waals surface area contributed by atoms with E-state index in [1.165, 1.54) is 41.2 Å². The van der Waals surface area contributed by atoms with Crippen molar-refractivity contribution in [2.75, 3.05) is 5.32 Å². The van der Waals surface area contributed by atoms with E-state index in [9.17, 15) is 22.8 Å². The van der Waals surface area contributed by atoms with E-state index in [1.54, 1.807) is 24.6 Å². The van der Waals surface area contributed by atoms with Crippen LogP contribution in [0.4, 0.5) is 18.9 Å². The van der Waals surface area contributed by atoms with Crippen LogP contribution in [-0.4, -0.2) is 27.6 Å². The number of carbonyl (C=O) groups excluding carboxylic acids is 2. The summed E-state index contributed by atoms with van der Waals surface area (Å²) in [6, 6.07) is 5.72. The van der Waals surface area contributed by atoms with E-state index in [4.69, 9.17) is 0 Å². The number of rotatable bonds is 4. The molecule has 0 saturated heterocycles. The fraction of sp³-hybridized carbons (Fsp3) is 0.133. The van der Waals surface area contributed by atoms with E-state index in [0.717, 1.165) is 0 Å². The zero-order valence-corrected chi connectivity index (χ0v) is 12.0. The second-order valence-corrected chi connectivity index (χ2v) is 4.68. The molecule has 0 unspecified atom stereocenters. The Morgan fingerprint density at radius 3 is 2.65 bits per heavy atom. The Hall–Kier alpha value is -2.90. The number of halogens is 3. The van der Waals surface area contributed by atoms with Crippen LogP contribution in [0.2, 0.25) is 0 Å². The molecule has 0 spiro atoms.